The van der Waals surface area contributed by atoms with Crippen molar-refractivity contribution in [3.63, 3.8) is 0 Å². The molecule has 0 aliphatic rings. The van der Waals surface area contributed by atoms with Gasteiger partial charge in [-0.2, -0.15) is 0 Å². The second-order valence-electron chi connectivity index (χ2n) is 4.96. The first-order valence-electron chi connectivity index (χ1n) is 6.82. The minimum Gasteiger partial charge on any atom is -0.383 e. The van der Waals surface area contributed by atoms with Gasteiger partial charge in [-0.05, 0) is 38.5 Å². The molecule has 2 rings (SSSR count). The van der Waals surface area contributed by atoms with E-state index in [4.69, 9.17) is 0 Å². The maximum absolute atomic E-state index is 4.48. The zero-order valence-corrected chi connectivity index (χ0v) is 12.3. The molecule has 0 fully saturated rings. The van der Waals surface area contributed by atoms with E-state index >= 15 is 0 Å². The number of thiazole rings is 1. The fourth-order valence-corrected chi connectivity index (χ4v) is 3.05. The number of rotatable bonds is 6. The maximum atomic E-state index is 4.48. The van der Waals surface area contributed by atoms with Gasteiger partial charge >= 0.3 is 0 Å². The predicted molar refractivity (Wildman–Crippen MR) is 81.6 cm³/mol. The number of unbranched alkanes of at least 4 members (excludes halogenated alkanes) is 2. The van der Waals surface area contributed by atoms with E-state index in [0.29, 0.717) is 6.04 Å². The summed E-state index contributed by atoms with van der Waals surface area (Å²) in [6.07, 6.45) is 5.18. The third-order valence-corrected chi connectivity index (χ3v) is 4.08. The number of hydrogen-bond donors (Lipinski definition) is 1. The summed E-state index contributed by atoms with van der Waals surface area (Å²) in [5.74, 6) is 0. The van der Waals surface area contributed by atoms with E-state index in [1.807, 2.05) is 0 Å². The van der Waals surface area contributed by atoms with E-state index in [1.54, 1.807) is 11.3 Å². The normalized spacial score (nSPS) is 12.8. The Labute approximate surface area is 113 Å². The molecule has 0 saturated carbocycles. The van der Waals surface area contributed by atoms with Gasteiger partial charge in [0, 0.05) is 11.7 Å². The highest BCUT2D eigenvalue weighted by Crippen LogP contribution is 2.25. The topological polar surface area (TPSA) is 24.9 Å². The van der Waals surface area contributed by atoms with Crippen LogP contribution in [-0.2, 0) is 0 Å². The summed E-state index contributed by atoms with van der Waals surface area (Å²) in [5.41, 5.74) is 2.33. The van der Waals surface area contributed by atoms with Crippen LogP contribution >= 0.6 is 11.3 Å². The molecule has 98 valence electrons. The summed E-state index contributed by atoms with van der Waals surface area (Å²) in [4.78, 5) is 4.48. The SMILES string of the molecule is CCCCCC(C)Nc1ccc2nc(C)sc2c1. The van der Waals surface area contributed by atoms with Crippen LogP contribution in [0.1, 0.15) is 44.5 Å². The largest absolute Gasteiger partial charge is 0.383 e. The van der Waals surface area contributed by atoms with Crippen molar-refractivity contribution >= 4 is 27.2 Å². The summed E-state index contributed by atoms with van der Waals surface area (Å²) in [7, 11) is 0. The first-order valence-corrected chi connectivity index (χ1v) is 7.64. The molecule has 1 unspecified atom stereocenters. The highest BCUT2D eigenvalue weighted by Gasteiger charge is 2.04. The Balaban J connectivity index is 1.98. The molecule has 2 nitrogen and oxygen atoms in total. The lowest BCUT2D eigenvalue weighted by Gasteiger charge is -2.14. The molecule has 2 aromatic rings. The van der Waals surface area contributed by atoms with Crippen molar-refractivity contribution in [1.29, 1.82) is 0 Å². The molecular weight excluding hydrogens is 240 g/mol. The minimum atomic E-state index is 0.544. The summed E-state index contributed by atoms with van der Waals surface area (Å²) < 4.78 is 1.28. The van der Waals surface area contributed by atoms with Crippen LogP contribution in [0.2, 0.25) is 0 Å². The van der Waals surface area contributed by atoms with E-state index in [0.717, 1.165) is 10.5 Å². The van der Waals surface area contributed by atoms with Crippen molar-refractivity contribution in [3.05, 3.63) is 23.2 Å². The summed E-state index contributed by atoms with van der Waals surface area (Å²) in [5, 5.41) is 4.72. The van der Waals surface area contributed by atoms with Gasteiger partial charge in [-0.25, -0.2) is 4.98 Å². The van der Waals surface area contributed by atoms with Crippen LogP contribution in [0.5, 0.6) is 0 Å². The third-order valence-electron chi connectivity index (χ3n) is 3.15. The van der Waals surface area contributed by atoms with Gasteiger partial charge in [-0.1, -0.05) is 26.2 Å². The lowest BCUT2D eigenvalue weighted by molar-refractivity contribution is 0.615. The molecule has 18 heavy (non-hydrogen) atoms. The predicted octanol–water partition coefficient (Wildman–Crippen LogP) is 4.99. The zero-order valence-electron chi connectivity index (χ0n) is 11.5. The average Bonchev–Trinajstić information content (AvgIpc) is 2.69. The number of aromatic nitrogens is 1. The zero-order chi connectivity index (χ0) is 13.0. The molecule has 1 aromatic heterocycles. The van der Waals surface area contributed by atoms with Crippen molar-refractivity contribution in [2.45, 2.75) is 52.5 Å². The summed E-state index contributed by atoms with van der Waals surface area (Å²) in [6, 6.07) is 7.01. The molecule has 3 heteroatoms. The van der Waals surface area contributed by atoms with Gasteiger partial charge in [0.25, 0.3) is 0 Å². The standard InChI is InChI=1S/C15H22N2S/c1-4-5-6-7-11(2)16-13-8-9-14-15(10-13)18-12(3)17-14/h8-11,16H,4-7H2,1-3H3. The van der Waals surface area contributed by atoms with Crippen LogP contribution in [0.3, 0.4) is 0 Å². The quantitative estimate of drug-likeness (QED) is 0.742. The van der Waals surface area contributed by atoms with Crippen LogP contribution in [-0.4, -0.2) is 11.0 Å². The maximum Gasteiger partial charge on any atom is 0.0907 e. The van der Waals surface area contributed by atoms with Crippen molar-refractivity contribution in [1.82, 2.24) is 4.98 Å². The second kappa shape index (κ2) is 6.19. The third kappa shape index (κ3) is 3.45. The first-order chi connectivity index (χ1) is 8.69. The monoisotopic (exact) mass is 262 g/mol. The molecule has 1 N–H and O–H groups in total. The van der Waals surface area contributed by atoms with Crippen molar-refractivity contribution in [2.75, 3.05) is 5.32 Å². The van der Waals surface area contributed by atoms with E-state index in [-0.39, 0.29) is 0 Å². The Kier molecular flexibility index (Phi) is 4.59. The van der Waals surface area contributed by atoms with Gasteiger partial charge < -0.3 is 5.32 Å². The molecule has 1 atom stereocenters. The van der Waals surface area contributed by atoms with Gasteiger partial charge in [0.05, 0.1) is 15.2 Å². The molecule has 1 heterocycles. The van der Waals surface area contributed by atoms with Crippen LogP contribution in [0, 0.1) is 6.92 Å². The average molecular weight is 262 g/mol. The summed E-state index contributed by atoms with van der Waals surface area (Å²) in [6.45, 7) is 6.57. The van der Waals surface area contributed by atoms with Gasteiger partial charge in [0.1, 0.15) is 0 Å². The van der Waals surface area contributed by atoms with Gasteiger partial charge in [0.2, 0.25) is 0 Å². The fraction of sp³-hybridized carbons (Fsp3) is 0.533. The van der Waals surface area contributed by atoms with Crippen LogP contribution < -0.4 is 5.32 Å². The second-order valence-corrected chi connectivity index (χ2v) is 6.19. The molecule has 0 aliphatic heterocycles. The number of hydrogen-bond acceptors (Lipinski definition) is 3. The van der Waals surface area contributed by atoms with Crippen molar-refractivity contribution in [2.24, 2.45) is 0 Å². The molecule has 0 aliphatic carbocycles. The van der Waals surface area contributed by atoms with Gasteiger partial charge in [0.15, 0.2) is 0 Å². The lowest BCUT2D eigenvalue weighted by Crippen LogP contribution is -2.14. The van der Waals surface area contributed by atoms with Crippen LogP contribution in [0.15, 0.2) is 18.2 Å². The van der Waals surface area contributed by atoms with E-state index in [9.17, 15) is 0 Å². The number of benzene rings is 1. The minimum absolute atomic E-state index is 0.544. The summed E-state index contributed by atoms with van der Waals surface area (Å²) >= 11 is 1.76. The highest BCUT2D eigenvalue weighted by molar-refractivity contribution is 7.18. The Hall–Kier alpha value is -1.09. The van der Waals surface area contributed by atoms with E-state index < -0.39 is 0 Å². The Morgan fingerprint density at radius 3 is 2.94 bits per heavy atom. The Morgan fingerprint density at radius 1 is 1.33 bits per heavy atom. The molecule has 1 aromatic carbocycles. The molecular formula is C15H22N2S. The molecule has 0 amide bonds. The number of nitrogens with zero attached hydrogens (tertiary/aromatic N) is 1. The van der Waals surface area contributed by atoms with E-state index in [2.05, 4.69) is 49.3 Å². The van der Waals surface area contributed by atoms with Gasteiger partial charge in [-0.15, -0.1) is 11.3 Å². The Morgan fingerprint density at radius 2 is 2.17 bits per heavy atom. The lowest BCUT2D eigenvalue weighted by atomic mass is 10.1. The molecule has 0 radical (unpaired) electrons. The Bertz CT molecular complexity index is 504. The van der Waals surface area contributed by atoms with Crippen LogP contribution in [0.4, 0.5) is 5.69 Å². The first kappa shape index (κ1) is 13.3. The highest BCUT2D eigenvalue weighted by atomic mass is 32.1. The smallest absolute Gasteiger partial charge is 0.0907 e. The molecule has 0 saturated heterocycles. The molecule has 0 spiro atoms. The number of aryl methyl sites for hydroxylation is 1. The van der Waals surface area contributed by atoms with Crippen molar-refractivity contribution < 1.29 is 0 Å². The number of fused-ring (bicyclic) bond motifs is 1. The van der Waals surface area contributed by atoms with Gasteiger partial charge in [-0.3, -0.25) is 0 Å². The molecule has 0 bridgehead atoms. The number of nitrogens with one attached hydrogen (secondary N) is 1. The van der Waals surface area contributed by atoms with Crippen molar-refractivity contribution in [3.8, 4) is 0 Å². The fourth-order valence-electron chi connectivity index (χ4n) is 2.19. The van der Waals surface area contributed by atoms with Crippen LogP contribution in [0.25, 0.3) is 10.2 Å². The van der Waals surface area contributed by atoms with E-state index in [1.165, 1.54) is 36.1 Å². The number of anilines is 1.